The number of carbonyl (C=O) groups is 1. The molecule has 1 aliphatic rings. The predicted octanol–water partition coefficient (Wildman–Crippen LogP) is 1.11. The zero-order valence-electron chi connectivity index (χ0n) is 9.94. The minimum absolute atomic E-state index is 0.115. The lowest BCUT2D eigenvalue weighted by Gasteiger charge is -2.22. The van der Waals surface area contributed by atoms with E-state index in [9.17, 15) is 9.00 Å². The van der Waals surface area contributed by atoms with Gasteiger partial charge in [-0.15, -0.1) is 0 Å². The van der Waals surface area contributed by atoms with Crippen LogP contribution in [0.5, 0.6) is 0 Å². The summed E-state index contributed by atoms with van der Waals surface area (Å²) in [7, 11) is 0.417. The highest BCUT2D eigenvalue weighted by atomic mass is 32.2. The molecule has 1 fully saturated rings. The van der Waals surface area contributed by atoms with Crippen molar-refractivity contribution in [3.63, 3.8) is 0 Å². The first-order chi connectivity index (χ1) is 7.63. The average molecular weight is 248 g/mol. The molecule has 0 aromatic heterocycles. The molecule has 5 heteroatoms. The maximum absolute atomic E-state index is 11.9. The largest absolute Gasteiger partial charge is 0.469 e. The summed E-state index contributed by atoms with van der Waals surface area (Å²) in [6.07, 6.45) is 2.21. The molecule has 0 aromatic carbocycles. The summed E-state index contributed by atoms with van der Waals surface area (Å²) in [5.74, 6) is 0.879. The highest BCUT2D eigenvalue weighted by Crippen LogP contribution is 2.17. The van der Waals surface area contributed by atoms with Crippen LogP contribution in [0.2, 0.25) is 0 Å². The van der Waals surface area contributed by atoms with Crippen molar-refractivity contribution in [1.82, 2.24) is 0 Å². The molecule has 0 radical (unpaired) electrons. The molecule has 1 saturated heterocycles. The van der Waals surface area contributed by atoms with Crippen LogP contribution in [-0.2, 0) is 25.1 Å². The highest BCUT2D eigenvalue weighted by molar-refractivity contribution is 7.85. The molecular formula is C11H20O4S. The van der Waals surface area contributed by atoms with Crippen LogP contribution < -0.4 is 0 Å². The Hall–Kier alpha value is -0.420. The maximum atomic E-state index is 11.9. The second-order valence-electron chi connectivity index (χ2n) is 4.19. The van der Waals surface area contributed by atoms with Crippen molar-refractivity contribution in [2.75, 3.05) is 26.1 Å². The van der Waals surface area contributed by atoms with E-state index >= 15 is 0 Å². The average Bonchev–Trinajstić information content (AvgIpc) is 2.30. The van der Waals surface area contributed by atoms with Crippen molar-refractivity contribution in [2.45, 2.75) is 31.4 Å². The quantitative estimate of drug-likeness (QED) is 0.684. The van der Waals surface area contributed by atoms with Crippen LogP contribution in [0, 0.1) is 5.92 Å². The Bertz CT molecular complexity index is 248. The first kappa shape index (κ1) is 13.6. The van der Waals surface area contributed by atoms with Crippen molar-refractivity contribution in [3.05, 3.63) is 0 Å². The summed E-state index contributed by atoms with van der Waals surface area (Å²) in [6.45, 7) is 3.38. The summed E-state index contributed by atoms with van der Waals surface area (Å²) in [4.78, 5) is 11.0. The summed E-state index contributed by atoms with van der Waals surface area (Å²) in [5, 5.41) is -0.115. The molecule has 0 aromatic rings. The standard InChI is InChI=1S/C11H20O4S/c1-9(7-11(12)14-2)16(13)8-10-3-5-15-6-4-10/h9-10H,3-8H2,1-2H3. The second kappa shape index (κ2) is 7.01. The molecule has 16 heavy (non-hydrogen) atoms. The fourth-order valence-corrected chi connectivity index (χ4v) is 3.17. The zero-order valence-corrected chi connectivity index (χ0v) is 10.8. The smallest absolute Gasteiger partial charge is 0.306 e. The SMILES string of the molecule is COC(=O)CC(C)S(=O)CC1CCOCC1. The molecule has 0 amide bonds. The van der Waals surface area contributed by atoms with E-state index in [1.54, 1.807) is 0 Å². The van der Waals surface area contributed by atoms with Crippen LogP contribution in [0.25, 0.3) is 0 Å². The van der Waals surface area contributed by atoms with Gasteiger partial charge in [-0.3, -0.25) is 9.00 Å². The third-order valence-electron chi connectivity index (χ3n) is 2.87. The number of hydrogen-bond donors (Lipinski definition) is 0. The molecule has 0 bridgehead atoms. The number of carbonyl (C=O) groups excluding carboxylic acids is 1. The van der Waals surface area contributed by atoms with Crippen LogP contribution in [0.3, 0.4) is 0 Å². The van der Waals surface area contributed by atoms with Crippen LogP contribution >= 0.6 is 0 Å². The van der Waals surface area contributed by atoms with Gasteiger partial charge >= 0.3 is 5.97 Å². The number of hydrogen-bond acceptors (Lipinski definition) is 4. The molecule has 0 spiro atoms. The normalized spacial score (nSPS) is 21.4. The first-order valence-corrected chi connectivity index (χ1v) is 7.03. The van der Waals surface area contributed by atoms with Gasteiger partial charge in [-0.05, 0) is 18.8 Å². The lowest BCUT2D eigenvalue weighted by atomic mass is 10.0. The van der Waals surface area contributed by atoms with Crippen molar-refractivity contribution in [2.24, 2.45) is 5.92 Å². The van der Waals surface area contributed by atoms with Gasteiger partial charge in [0.25, 0.3) is 0 Å². The Labute approximate surface area is 99.1 Å². The first-order valence-electron chi connectivity index (χ1n) is 5.65. The van der Waals surface area contributed by atoms with Gasteiger partial charge in [-0.1, -0.05) is 6.92 Å². The van der Waals surface area contributed by atoms with Crippen molar-refractivity contribution in [3.8, 4) is 0 Å². The van der Waals surface area contributed by atoms with Crippen molar-refractivity contribution < 1.29 is 18.5 Å². The topological polar surface area (TPSA) is 52.6 Å². The minimum atomic E-state index is -0.941. The monoisotopic (exact) mass is 248 g/mol. The minimum Gasteiger partial charge on any atom is -0.469 e. The Morgan fingerprint density at radius 1 is 1.50 bits per heavy atom. The Balaban J connectivity index is 2.29. The fraction of sp³-hybridized carbons (Fsp3) is 0.909. The Kier molecular flexibility index (Phi) is 5.98. The van der Waals surface area contributed by atoms with Crippen LogP contribution in [-0.4, -0.2) is 41.5 Å². The summed E-state index contributed by atoms with van der Waals surface area (Å²) < 4.78 is 21.7. The Morgan fingerprint density at radius 2 is 2.12 bits per heavy atom. The molecule has 2 unspecified atom stereocenters. The van der Waals surface area contributed by atoms with Gasteiger partial charge in [-0.25, -0.2) is 0 Å². The van der Waals surface area contributed by atoms with E-state index in [0.717, 1.165) is 26.1 Å². The van der Waals surface area contributed by atoms with Gasteiger partial charge in [0.15, 0.2) is 0 Å². The van der Waals surface area contributed by atoms with E-state index in [2.05, 4.69) is 4.74 Å². The van der Waals surface area contributed by atoms with Gasteiger partial charge in [0.2, 0.25) is 0 Å². The molecule has 4 nitrogen and oxygen atoms in total. The van der Waals surface area contributed by atoms with Crippen molar-refractivity contribution in [1.29, 1.82) is 0 Å². The van der Waals surface area contributed by atoms with E-state index in [4.69, 9.17) is 4.74 Å². The van der Waals surface area contributed by atoms with E-state index in [-0.39, 0.29) is 17.6 Å². The van der Waals surface area contributed by atoms with Crippen molar-refractivity contribution >= 4 is 16.8 Å². The van der Waals surface area contributed by atoms with E-state index in [1.165, 1.54) is 7.11 Å². The zero-order chi connectivity index (χ0) is 12.0. The number of methoxy groups -OCH3 is 1. The van der Waals surface area contributed by atoms with Crippen LogP contribution in [0.4, 0.5) is 0 Å². The summed E-state index contributed by atoms with van der Waals surface area (Å²) in [6, 6.07) is 0. The number of ether oxygens (including phenoxy) is 2. The Morgan fingerprint density at radius 3 is 2.69 bits per heavy atom. The van der Waals surface area contributed by atoms with Gasteiger partial charge in [0.1, 0.15) is 0 Å². The molecule has 0 aliphatic carbocycles. The number of esters is 1. The predicted molar refractivity (Wildman–Crippen MR) is 62.6 cm³/mol. The maximum Gasteiger partial charge on any atom is 0.306 e. The molecule has 0 saturated carbocycles. The third-order valence-corrected chi connectivity index (χ3v) is 4.74. The molecule has 0 N–H and O–H groups in total. The van der Waals surface area contributed by atoms with Gasteiger partial charge in [-0.2, -0.15) is 0 Å². The van der Waals surface area contributed by atoms with Gasteiger partial charge < -0.3 is 9.47 Å². The molecule has 1 rings (SSSR count). The lowest BCUT2D eigenvalue weighted by Crippen LogP contribution is -2.26. The van der Waals surface area contributed by atoms with Crippen LogP contribution in [0.15, 0.2) is 0 Å². The summed E-state index contributed by atoms with van der Waals surface area (Å²) in [5.41, 5.74) is 0. The van der Waals surface area contributed by atoms with Gasteiger partial charge in [0, 0.05) is 35.0 Å². The highest BCUT2D eigenvalue weighted by Gasteiger charge is 2.21. The van der Waals surface area contributed by atoms with Crippen LogP contribution in [0.1, 0.15) is 26.2 Å². The number of rotatable bonds is 5. The second-order valence-corrected chi connectivity index (χ2v) is 6.09. The molecule has 1 aliphatic heterocycles. The molecule has 2 atom stereocenters. The van der Waals surface area contributed by atoms with E-state index in [0.29, 0.717) is 11.7 Å². The van der Waals surface area contributed by atoms with E-state index in [1.807, 2.05) is 6.92 Å². The summed E-state index contributed by atoms with van der Waals surface area (Å²) >= 11 is 0. The third kappa shape index (κ3) is 4.61. The molecule has 94 valence electrons. The van der Waals surface area contributed by atoms with Gasteiger partial charge in [0.05, 0.1) is 13.5 Å². The molecule has 1 heterocycles. The fourth-order valence-electron chi connectivity index (χ4n) is 1.72. The van der Waals surface area contributed by atoms with E-state index < -0.39 is 10.8 Å². The molecular weight excluding hydrogens is 228 g/mol. The lowest BCUT2D eigenvalue weighted by molar-refractivity contribution is -0.140.